The lowest BCUT2D eigenvalue weighted by Crippen LogP contribution is -2.73. The molecule has 1 aromatic carbocycles. The average Bonchev–Trinajstić information content (AvgIpc) is 3.52. The number of hydrogen-bond acceptors (Lipinski definition) is 9. The highest BCUT2D eigenvalue weighted by Gasteiger charge is 2.70. The first-order chi connectivity index (χ1) is 18.2. The molecule has 1 aliphatic heterocycles. The van der Waals surface area contributed by atoms with Gasteiger partial charge in [-0.3, -0.25) is 0 Å². The van der Waals surface area contributed by atoms with Crippen molar-refractivity contribution in [2.75, 3.05) is 20.8 Å². The van der Waals surface area contributed by atoms with Gasteiger partial charge in [-0.15, -0.1) is 10.2 Å². The molecule has 2 bridgehead atoms. The third-order valence-corrected chi connectivity index (χ3v) is 8.48. The number of nitrogens with zero attached hydrogens (tertiary/aromatic N) is 6. The fourth-order valence-electron chi connectivity index (χ4n) is 6.13. The number of aliphatic hydroxyl groups excluding tert-OH is 2. The number of rotatable bonds is 8. The predicted molar refractivity (Wildman–Crippen MR) is 127 cm³/mol. The number of aliphatic hydroxyl groups is 2. The molecule has 5 atom stereocenters. The van der Waals surface area contributed by atoms with E-state index in [9.17, 15) is 19.0 Å². The minimum Gasteiger partial charge on any atom is -0.394 e. The zero-order chi connectivity index (χ0) is 26.8. The molecule has 11 nitrogen and oxygen atoms in total. The van der Waals surface area contributed by atoms with Crippen molar-refractivity contribution in [3.63, 3.8) is 0 Å². The lowest BCUT2D eigenvalue weighted by atomic mass is 9.46. The minimum absolute atomic E-state index is 0.0329. The molecular formula is C24H27ClF2N6O5. The van der Waals surface area contributed by atoms with E-state index >= 15 is 0 Å². The van der Waals surface area contributed by atoms with Crippen molar-refractivity contribution in [1.29, 1.82) is 0 Å². The molecule has 3 aliphatic carbocycles. The molecule has 0 unspecified atom stereocenters. The average molecular weight is 553 g/mol. The van der Waals surface area contributed by atoms with Gasteiger partial charge < -0.3 is 24.4 Å². The first kappa shape index (κ1) is 25.7. The maximum absolute atomic E-state index is 14.5. The van der Waals surface area contributed by atoms with Crippen molar-refractivity contribution < 1.29 is 33.2 Å². The Kier molecular flexibility index (Phi) is 6.28. The normalized spacial score (nSPS) is 34.1. The molecule has 4 fully saturated rings. The van der Waals surface area contributed by atoms with E-state index in [0.29, 0.717) is 12.1 Å². The van der Waals surface area contributed by atoms with Gasteiger partial charge in [0.05, 0.1) is 40.8 Å². The second kappa shape index (κ2) is 9.28. The van der Waals surface area contributed by atoms with E-state index in [1.54, 1.807) is 7.11 Å². The Bertz CT molecular complexity index is 1330. The van der Waals surface area contributed by atoms with Gasteiger partial charge in [0.25, 0.3) is 0 Å². The molecule has 0 spiro atoms. The van der Waals surface area contributed by atoms with E-state index in [1.165, 1.54) is 30.1 Å². The molecular weight excluding hydrogens is 526 g/mol. The van der Waals surface area contributed by atoms with E-state index < -0.39 is 48.7 Å². The Morgan fingerprint density at radius 3 is 2.55 bits per heavy atom. The number of benzene rings is 1. The van der Waals surface area contributed by atoms with Crippen LogP contribution in [0.5, 0.6) is 0 Å². The fraction of sp³-hybridized carbons (Fsp3) is 0.583. The third kappa shape index (κ3) is 3.87. The van der Waals surface area contributed by atoms with Gasteiger partial charge >= 0.3 is 0 Å². The Balaban J connectivity index is 1.25. The van der Waals surface area contributed by atoms with Gasteiger partial charge in [-0.1, -0.05) is 22.0 Å². The summed E-state index contributed by atoms with van der Waals surface area (Å²) in [4.78, 5) is 0. The predicted octanol–water partition coefficient (Wildman–Crippen LogP) is 1.67. The molecule has 3 aromatic rings. The SMILES string of the molecule is CO[C@@H]1[C@@H](n2cc(-c3ccc(Cl)c(F)c3F)nn2)[C@@H](O)[C@@H](CO)O[C@@H]1Cc1cn(C23CC(OC)(C2)C3)nn1. The Morgan fingerprint density at radius 2 is 1.87 bits per heavy atom. The van der Waals surface area contributed by atoms with Crippen LogP contribution in [0.2, 0.25) is 5.02 Å². The first-order valence-electron chi connectivity index (χ1n) is 12.2. The van der Waals surface area contributed by atoms with E-state index in [2.05, 4.69) is 20.6 Å². The van der Waals surface area contributed by atoms with Crippen LogP contribution in [0.1, 0.15) is 31.0 Å². The molecule has 7 rings (SSSR count). The molecule has 2 N–H and O–H groups in total. The van der Waals surface area contributed by atoms with Crippen LogP contribution in [0.15, 0.2) is 24.5 Å². The van der Waals surface area contributed by atoms with Crippen molar-refractivity contribution in [2.45, 2.75) is 67.3 Å². The van der Waals surface area contributed by atoms with Gasteiger partial charge in [-0.2, -0.15) is 0 Å². The zero-order valence-electron chi connectivity index (χ0n) is 20.7. The van der Waals surface area contributed by atoms with Gasteiger partial charge in [-0.25, -0.2) is 18.1 Å². The second-order valence-corrected chi connectivity index (χ2v) is 10.8. The van der Waals surface area contributed by atoms with Gasteiger partial charge in [0.1, 0.15) is 30.0 Å². The van der Waals surface area contributed by atoms with Crippen molar-refractivity contribution in [1.82, 2.24) is 30.0 Å². The Labute approximate surface area is 221 Å². The Morgan fingerprint density at radius 1 is 1.11 bits per heavy atom. The van der Waals surface area contributed by atoms with Crippen LogP contribution in [0.4, 0.5) is 8.78 Å². The highest BCUT2D eigenvalue weighted by molar-refractivity contribution is 6.30. The highest BCUT2D eigenvalue weighted by atomic mass is 35.5. The largest absolute Gasteiger partial charge is 0.394 e. The summed E-state index contributed by atoms with van der Waals surface area (Å²) in [5.41, 5.74) is 0.478. The number of ether oxygens (including phenoxy) is 3. The van der Waals surface area contributed by atoms with Crippen molar-refractivity contribution >= 4 is 11.6 Å². The van der Waals surface area contributed by atoms with Crippen molar-refractivity contribution in [2.24, 2.45) is 0 Å². The summed E-state index contributed by atoms with van der Waals surface area (Å²) in [6.07, 6.45) is 2.68. The molecule has 14 heteroatoms. The summed E-state index contributed by atoms with van der Waals surface area (Å²) in [5, 5.41) is 37.3. The molecule has 204 valence electrons. The summed E-state index contributed by atoms with van der Waals surface area (Å²) in [7, 11) is 3.20. The lowest BCUT2D eigenvalue weighted by Gasteiger charge is -2.68. The fourth-order valence-corrected chi connectivity index (χ4v) is 6.28. The van der Waals surface area contributed by atoms with E-state index in [0.717, 1.165) is 19.3 Å². The number of aromatic nitrogens is 6. The number of halogens is 3. The highest BCUT2D eigenvalue weighted by Crippen LogP contribution is 2.66. The zero-order valence-corrected chi connectivity index (χ0v) is 21.4. The third-order valence-electron chi connectivity index (χ3n) is 8.19. The minimum atomic E-state index is -1.23. The maximum atomic E-state index is 14.5. The summed E-state index contributed by atoms with van der Waals surface area (Å²) in [6, 6.07) is 1.67. The molecule has 4 aliphatic rings. The smallest absolute Gasteiger partial charge is 0.178 e. The van der Waals surface area contributed by atoms with Crippen LogP contribution in [0.25, 0.3) is 11.3 Å². The van der Waals surface area contributed by atoms with E-state index in [-0.39, 0.29) is 27.4 Å². The topological polar surface area (TPSA) is 130 Å². The van der Waals surface area contributed by atoms with Crippen LogP contribution in [0.3, 0.4) is 0 Å². The van der Waals surface area contributed by atoms with Crippen LogP contribution in [0, 0.1) is 11.6 Å². The van der Waals surface area contributed by atoms with Crippen LogP contribution >= 0.6 is 11.6 Å². The molecule has 2 aromatic heterocycles. The quantitative estimate of drug-likeness (QED) is 0.401. The monoisotopic (exact) mass is 552 g/mol. The summed E-state index contributed by atoms with van der Waals surface area (Å²) in [6.45, 7) is -0.460. The lowest BCUT2D eigenvalue weighted by molar-refractivity contribution is -0.265. The molecule has 3 saturated carbocycles. The molecule has 1 saturated heterocycles. The first-order valence-corrected chi connectivity index (χ1v) is 12.6. The number of methoxy groups -OCH3 is 2. The van der Waals surface area contributed by atoms with Crippen molar-refractivity contribution in [3.8, 4) is 11.3 Å². The number of hydrogen-bond donors (Lipinski definition) is 2. The second-order valence-electron chi connectivity index (χ2n) is 10.4. The maximum Gasteiger partial charge on any atom is 0.178 e. The van der Waals surface area contributed by atoms with Gasteiger partial charge in [0.15, 0.2) is 11.6 Å². The van der Waals surface area contributed by atoms with E-state index in [1.807, 2.05) is 10.9 Å². The standard InChI is InChI=1S/C24H27ClF2N6O5/c1-36-22-16(5-12-6-33(31-28-12)23-9-24(10-23,11-23)37-2)38-17(8-34)21(35)20(22)32-7-15(29-30-32)13-3-4-14(25)19(27)18(13)26/h3-4,6-7,16-17,20-22,34-35H,5,8-11H2,1-2H3/t16-,17-,20+,21+,22+,23?,24?/m1/s1. The van der Waals surface area contributed by atoms with Gasteiger partial charge in [0, 0.05) is 51.7 Å². The summed E-state index contributed by atoms with van der Waals surface area (Å²) in [5.74, 6) is -2.35. The molecule has 0 radical (unpaired) electrons. The van der Waals surface area contributed by atoms with Crippen LogP contribution in [-0.4, -0.2) is 91.0 Å². The summed E-state index contributed by atoms with van der Waals surface area (Å²) >= 11 is 5.66. The van der Waals surface area contributed by atoms with Crippen LogP contribution < -0.4 is 0 Å². The molecule has 0 amide bonds. The molecule has 38 heavy (non-hydrogen) atoms. The van der Waals surface area contributed by atoms with Gasteiger partial charge in [0.2, 0.25) is 0 Å². The summed E-state index contributed by atoms with van der Waals surface area (Å²) < 4.78 is 49.1. The van der Waals surface area contributed by atoms with Gasteiger partial charge in [-0.05, 0) is 12.1 Å². The van der Waals surface area contributed by atoms with Crippen molar-refractivity contribution in [3.05, 3.63) is 46.9 Å². The van der Waals surface area contributed by atoms with E-state index in [4.69, 9.17) is 25.8 Å². The molecule has 3 heterocycles. The Hall–Kier alpha value is -2.55. The van der Waals surface area contributed by atoms with Crippen LogP contribution in [-0.2, 0) is 26.2 Å².